The summed E-state index contributed by atoms with van der Waals surface area (Å²) in [6, 6.07) is 10.1. The Hall–Kier alpha value is -1.81. The molecule has 106 valence electrons. The van der Waals surface area contributed by atoms with Crippen molar-refractivity contribution in [2.45, 2.75) is 32.2 Å². The van der Waals surface area contributed by atoms with Gasteiger partial charge in [0.1, 0.15) is 6.61 Å². The van der Waals surface area contributed by atoms with E-state index in [1.807, 2.05) is 36.4 Å². The number of hydrogen-bond acceptors (Lipinski definition) is 4. The lowest BCUT2D eigenvalue weighted by atomic mass is 9.90. The summed E-state index contributed by atoms with van der Waals surface area (Å²) >= 11 is 0. The van der Waals surface area contributed by atoms with Crippen molar-refractivity contribution in [1.29, 1.82) is 0 Å². The van der Waals surface area contributed by atoms with Crippen LogP contribution in [0.15, 0.2) is 47.8 Å². The van der Waals surface area contributed by atoms with E-state index in [0.29, 0.717) is 19.1 Å². The molecule has 1 fully saturated rings. The van der Waals surface area contributed by atoms with E-state index in [-0.39, 0.29) is 12.2 Å². The average molecular weight is 273 g/mol. The smallest absolute Gasteiger partial charge is 0.157 e. The van der Waals surface area contributed by atoms with Crippen molar-refractivity contribution in [3.63, 3.8) is 0 Å². The molecule has 3 atom stereocenters. The zero-order valence-electron chi connectivity index (χ0n) is 11.6. The monoisotopic (exact) mass is 273 g/mol. The molecule has 0 aromatic heterocycles. The molecule has 0 saturated carbocycles. The Balaban J connectivity index is 1.50. The first-order valence-electron chi connectivity index (χ1n) is 6.99. The fourth-order valence-corrected chi connectivity index (χ4v) is 2.54. The lowest BCUT2D eigenvalue weighted by Gasteiger charge is -2.25. The van der Waals surface area contributed by atoms with Gasteiger partial charge in [0.15, 0.2) is 6.10 Å². The molecule has 1 saturated heterocycles. The van der Waals surface area contributed by atoms with Gasteiger partial charge < -0.3 is 14.3 Å². The van der Waals surface area contributed by atoms with Gasteiger partial charge in [-0.3, -0.25) is 0 Å². The van der Waals surface area contributed by atoms with E-state index in [9.17, 15) is 0 Å². The number of rotatable bonds is 4. The molecule has 20 heavy (non-hydrogen) atoms. The zero-order valence-corrected chi connectivity index (χ0v) is 11.6. The first-order valence-corrected chi connectivity index (χ1v) is 6.99. The zero-order chi connectivity index (χ0) is 13.8. The topological polar surface area (TPSA) is 40.0 Å². The van der Waals surface area contributed by atoms with Crippen LogP contribution >= 0.6 is 0 Å². The van der Waals surface area contributed by atoms with E-state index in [1.54, 1.807) is 6.26 Å². The predicted molar refractivity (Wildman–Crippen MR) is 76.2 cm³/mol. The Bertz CT molecular complexity index is 498. The fraction of sp³-hybridized carbons (Fsp3) is 0.438. The van der Waals surface area contributed by atoms with Gasteiger partial charge in [-0.2, -0.15) is 0 Å². The summed E-state index contributed by atoms with van der Waals surface area (Å²) in [6.45, 7) is 3.24. The molecule has 4 nitrogen and oxygen atoms in total. The summed E-state index contributed by atoms with van der Waals surface area (Å²) < 4.78 is 11.1. The third-order valence-corrected chi connectivity index (χ3v) is 3.68. The summed E-state index contributed by atoms with van der Waals surface area (Å²) in [5, 5.41) is 4.10. The Labute approximate surface area is 119 Å². The average Bonchev–Trinajstić information content (AvgIpc) is 2.87. The lowest BCUT2D eigenvalue weighted by Crippen LogP contribution is -2.35. The summed E-state index contributed by atoms with van der Waals surface area (Å²) in [7, 11) is 0. The third kappa shape index (κ3) is 3.02. The lowest BCUT2D eigenvalue weighted by molar-refractivity contribution is 0.0406. The van der Waals surface area contributed by atoms with Gasteiger partial charge in [-0.25, -0.2) is 0 Å². The molecule has 0 aliphatic carbocycles. The Kier molecular flexibility index (Phi) is 4.02. The van der Waals surface area contributed by atoms with E-state index >= 15 is 0 Å². The van der Waals surface area contributed by atoms with Gasteiger partial charge in [0.2, 0.25) is 0 Å². The normalized spacial score (nSPS) is 28.9. The SMILES string of the molecule is C[C@H]1CC2C(=NO[C@@H]2/C=C/OCc2ccccc2)CO1. The molecule has 2 aliphatic heterocycles. The summed E-state index contributed by atoms with van der Waals surface area (Å²) in [4.78, 5) is 5.44. The van der Waals surface area contributed by atoms with Crippen molar-refractivity contribution in [2.75, 3.05) is 6.61 Å². The van der Waals surface area contributed by atoms with Gasteiger partial charge in [-0.1, -0.05) is 35.5 Å². The molecule has 0 radical (unpaired) electrons. The Morgan fingerprint density at radius 3 is 3.05 bits per heavy atom. The maximum atomic E-state index is 5.56. The minimum absolute atomic E-state index is 0.0212. The van der Waals surface area contributed by atoms with E-state index in [0.717, 1.165) is 17.7 Å². The van der Waals surface area contributed by atoms with Crippen molar-refractivity contribution in [3.05, 3.63) is 48.2 Å². The molecule has 2 heterocycles. The number of ether oxygens (including phenoxy) is 2. The predicted octanol–water partition coefficient (Wildman–Crippen LogP) is 2.90. The molecule has 0 amide bonds. The van der Waals surface area contributed by atoms with Crippen molar-refractivity contribution in [1.82, 2.24) is 0 Å². The van der Waals surface area contributed by atoms with Crippen LogP contribution in [0.25, 0.3) is 0 Å². The molecule has 1 aromatic carbocycles. The van der Waals surface area contributed by atoms with Crippen LogP contribution in [0.2, 0.25) is 0 Å². The number of fused-ring (bicyclic) bond motifs is 1. The highest BCUT2D eigenvalue weighted by Crippen LogP contribution is 2.29. The molecule has 1 unspecified atom stereocenters. The largest absolute Gasteiger partial charge is 0.497 e. The molecule has 2 aliphatic rings. The van der Waals surface area contributed by atoms with Gasteiger partial charge in [0.05, 0.1) is 24.7 Å². The summed E-state index contributed by atoms with van der Waals surface area (Å²) in [6.07, 6.45) is 4.86. The molecule has 0 N–H and O–H groups in total. The van der Waals surface area contributed by atoms with Gasteiger partial charge in [-0.05, 0) is 25.0 Å². The maximum Gasteiger partial charge on any atom is 0.157 e. The summed E-state index contributed by atoms with van der Waals surface area (Å²) in [5.74, 6) is 0.329. The van der Waals surface area contributed by atoms with Crippen LogP contribution in [0.3, 0.4) is 0 Å². The molecule has 4 heteroatoms. The second-order valence-corrected chi connectivity index (χ2v) is 5.24. The van der Waals surface area contributed by atoms with Crippen molar-refractivity contribution >= 4 is 5.71 Å². The molecule has 0 spiro atoms. The van der Waals surface area contributed by atoms with Crippen molar-refractivity contribution < 1.29 is 14.3 Å². The highest BCUT2D eigenvalue weighted by molar-refractivity contribution is 5.89. The van der Waals surface area contributed by atoms with Crippen LogP contribution in [-0.4, -0.2) is 24.5 Å². The van der Waals surface area contributed by atoms with Gasteiger partial charge in [0, 0.05) is 5.92 Å². The van der Waals surface area contributed by atoms with E-state index < -0.39 is 0 Å². The van der Waals surface area contributed by atoms with Crippen molar-refractivity contribution in [3.8, 4) is 0 Å². The second kappa shape index (κ2) is 6.09. The quantitative estimate of drug-likeness (QED) is 0.792. The Morgan fingerprint density at radius 1 is 1.35 bits per heavy atom. The molecular weight excluding hydrogens is 254 g/mol. The number of oxime groups is 1. The van der Waals surface area contributed by atoms with E-state index in [1.165, 1.54) is 0 Å². The first kappa shape index (κ1) is 13.2. The standard InChI is InChI=1S/C16H19NO3/c1-12-9-14-15(11-19-12)17-20-16(14)7-8-18-10-13-5-3-2-4-6-13/h2-8,12,14,16H,9-11H2,1H3/b8-7+/t12-,14?,16+/m0/s1. The van der Waals surface area contributed by atoms with Crippen molar-refractivity contribution in [2.24, 2.45) is 11.1 Å². The van der Waals surface area contributed by atoms with Crippen LogP contribution in [0.1, 0.15) is 18.9 Å². The number of benzene rings is 1. The Morgan fingerprint density at radius 2 is 2.20 bits per heavy atom. The van der Waals surface area contributed by atoms with Gasteiger partial charge in [-0.15, -0.1) is 0 Å². The summed E-state index contributed by atoms with van der Waals surface area (Å²) in [5.41, 5.74) is 2.17. The highest BCUT2D eigenvalue weighted by atomic mass is 16.6. The van der Waals surface area contributed by atoms with Gasteiger partial charge in [0.25, 0.3) is 0 Å². The molecule has 3 rings (SSSR count). The molecule has 1 aromatic rings. The molecular formula is C16H19NO3. The minimum Gasteiger partial charge on any atom is -0.497 e. The van der Waals surface area contributed by atoms with Crippen LogP contribution in [0.4, 0.5) is 0 Å². The van der Waals surface area contributed by atoms with Crippen LogP contribution in [-0.2, 0) is 20.9 Å². The maximum absolute atomic E-state index is 5.56. The number of nitrogens with zero attached hydrogens (tertiary/aromatic N) is 1. The van der Waals surface area contributed by atoms with E-state index in [4.69, 9.17) is 14.3 Å². The first-order chi connectivity index (χ1) is 9.83. The van der Waals surface area contributed by atoms with Crippen LogP contribution < -0.4 is 0 Å². The van der Waals surface area contributed by atoms with E-state index in [2.05, 4.69) is 12.1 Å². The fourth-order valence-electron chi connectivity index (χ4n) is 2.54. The third-order valence-electron chi connectivity index (χ3n) is 3.68. The van der Waals surface area contributed by atoms with Gasteiger partial charge >= 0.3 is 0 Å². The highest BCUT2D eigenvalue weighted by Gasteiger charge is 2.37. The molecule has 0 bridgehead atoms. The number of hydrogen-bond donors (Lipinski definition) is 0. The van der Waals surface area contributed by atoms with Crippen LogP contribution in [0.5, 0.6) is 0 Å². The van der Waals surface area contributed by atoms with Crippen LogP contribution in [0, 0.1) is 5.92 Å². The minimum atomic E-state index is -0.0212. The second-order valence-electron chi connectivity index (χ2n) is 5.24.